The number of rotatable bonds is 3. The molecule has 0 aliphatic carbocycles. The van der Waals surface area contributed by atoms with Gasteiger partial charge in [0.15, 0.2) is 5.78 Å². The second-order valence-corrected chi connectivity index (χ2v) is 4.83. The fourth-order valence-electron chi connectivity index (χ4n) is 2.32. The number of aromatic nitrogens is 2. The van der Waals surface area contributed by atoms with E-state index in [4.69, 9.17) is 0 Å². The van der Waals surface area contributed by atoms with Crippen LogP contribution in [0, 0.1) is 6.92 Å². The van der Waals surface area contributed by atoms with Gasteiger partial charge in [0.25, 0.3) is 0 Å². The second-order valence-electron chi connectivity index (χ2n) is 4.83. The number of carbonyl (C=O) groups excluding carboxylic acids is 1. The van der Waals surface area contributed by atoms with E-state index < -0.39 is 0 Å². The van der Waals surface area contributed by atoms with Gasteiger partial charge >= 0.3 is 0 Å². The largest absolute Gasteiger partial charge is 0.508 e. The van der Waals surface area contributed by atoms with Crippen molar-refractivity contribution >= 4 is 22.8 Å². The summed E-state index contributed by atoms with van der Waals surface area (Å²) in [6.45, 7) is 1.94. The zero-order chi connectivity index (χ0) is 14.8. The maximum Gasteiger partial charge on any atom is 0.185 e. The lowest BCUT2D eigenvalue weighted by molar-refractivity contribution is 0.104. The van der Waals surface area contributed by atoms with E-state index in [2.05, 4.69) is 9.97 Å². The van der Waals surface area contributed by atoms with Crippen molar-refractivity contribution in [1.29, 1.82) is 0 Å². The first-order chi connectivity index (χ1) is 10.1. The summed E-state index contributed by atoms with van der Waals surface area (Å²) in [6.07, 6.45) is 6.50. The third-order valence-corrected chi connectivity index (χ3v) is 3.39. The zero-order valence-electron chi connectivity index (χ0n) is 11.5. The van der Waals surface area contributed by atoms with Crippen molar-refractivity contribution in [3.05, 3.63) is 65.6 Å². The first kappa shape index (κ1) is 13.1. The number of nitrogens with zero attached hydrogens (tertiary/aromatic N) is 1. The van der Waals surface area contributed by atoms with Gasteiger partial charge in [0.1, 0.15) is 5.75 Å². The minimum atomic E-state index is -0.0775. The van der Waals surface area contributed by atoms with Crippen LogP contribution in [0.1, 0.15) is 21.6 Å². The van der Waals surface area contributed by atoms with Crippen LogP contribution in [0.3, 0.4) is 0 Å². The minimum Gasteiger partial charge on any atom is -0.508 e. The summed E-state index contributed by atoms with van der Waals surface area (Å²) in [5.41, 5.74) is 3.39. The van der Waals surface area contributed by atoms with Crippen molar-refractivity contribution in [2.75, 3.05) is 0 Å². The average Bonchev–Trinajstić information content (AvgIpc) is 2.80. The van der Waals surface area contributed by atoms with Crippen LogP contribution >= 0.6 is 0 Å². The molecule has 104 valence electrons. The van der Waals surface area contributed by atoms with E-state index in [0.29, 0.717) is 5.56 Å². The molecule has 2 N–H and O–H groups in total. The number of allylic oxidation sites excluding steroid dienone is 1. The summed E-state index contributed by atoms with van der Waals surface area (Å²) >= 11 is 0. The molecule has 0 aliphatic rings. The SMILES string of the molecule is Cc1[nH]c2ccc(O)cc2c1/C=C/C(=O)c1ccncc1. The van der Waals surface area contributed by atoms with Gasteiger partial charge in [-0.25, -0.2) is 0 Å². The molecule has 0 bridgehead atoms. The number of phenolic OH excluding ortho intramolecular Hbond substituents is 1. The minimum absolute atomic E-state index is 0.0775. The third kappa shape index (κ3) is 2.56. The Morgan fingerprint density at radius 2 is 2.00 bits per heavy atom. The van der Waals surface area contributed by atoms with Crippen LogP contribution in [0.5, 0.6) is 5.75 Å². The van der Waals surface area contributed by atoms with Gasteiger partial charge in [0.05, 0.1) is 0 Å². The van der Waals surface area contributed by atoms with E-state index in [-0.39, 0.29) is 11.5 Å². The number of aromatic hydroxyl groups is 1. The molecule has 0 saturated carbocycles. The molecule has 4 nitrogen and oxygen atoms in total. The Morgan fingerprint density at radius 3 is 2.76 bits per heavy atom. The molecule has 4 heteroatoms. The fourth-order valence-corrected chi connectivity index (χ4v) is 2.32. The number of benzene rings is 1. The van der Waals surface area contributed by atoms with Gasteiger partial charge in [-0.15, -0.1) is 0 Å². The standard InChI is InChI=1S/C17H14N2O2/c1-11-14(15-10-13(20)2-4-16(15)19-11)3-5-17(21)12-6-8-18-9-7-12/h2-10,19-20H,1H3/b5-3+. The second kappa shape index (κ2) is 5.25. The lowest BCUT2D eigenvalue weighted by atomic mass is 10.1. The van der Waals surface area contributed by atoms with E-state index in [9.17, 15) is 9.90 Å². The van der Waals surface area contributed by atoms with E-state index >= 15 is 0 Å². The maximum atomic E-state index is 12.1. The van der Waals surface area contributed by atoms with Crippen LogP contribution in [-0.2, 0) is 0 Å². The smallest absolute Gasteiger partial charge is 0.185 e. The van der Waals surface area contributed by atoms with Gasteiger partial charge in [-0.2, -0.15) is 0 Å². The Morgan fingerprint density at radius 1 is 1.24 bits per heavy atom. The number of aromatic amines is 1. The number of nitrogens with one attached hydrogen (secondary N) is 1. The normalized spacial score (nSPS) is 11.3. The Labute approximate surface area is 121 Å². The maximum absolute atomic E-state index is 12.1. The average molecular weight is 278 g/mol. The van der Waals surface area contributed by atoms with Crippen LogP contribution in [-0.4, -0.2) is 20.9 Å². The Kier molecular flexibility index (Phi) is 3.28. The molecule has 1 aromatic carbocycles. The molecule has 0 aliphatic heterocycles. The summed E-state index contributed by atoms with van der Waals surface area (Å²) in [7, 11) is 0. The monoisotopic (exact) mass is 278 g/mol. The molecule has 21 heavy (non-hydrogen) atoms. The molecule has 0 spiro atoms. The van der Waals surface area contributed by atoms with Gasteiger partial charge in [-0.1, -0.05) is 0 Å². The van der Waals surface area contributed by atoms with E-state index in [1.54, 1.807) is 42.7 Å². The molecular formula is C17H14N2O2. The van der Waals surface area contributed by atoms with Crippen molar-refractivity contribution in [1.82, 2.24) is 9.97 Å². The fraction of sp³-hybridized carbons (Fsp3) is 0.0588. The number of fused-ring (bicyclic) bond motifs is 1. The number of hydrogen-bond donors (Lipinski definition) is 2. The third-order valence-electron chi connectivity index (χ3n) is 3.39. The molecule has 0 unspecified atom stereocenters. The highest BCUT2D eigenvalue weighted by Gasteiger charge is 2.07. The summed E-state index contributed by atoms with van der Waals surface area (Å²) in [5.74, 6) is 0.128. The van der Waals surface area contributed by atoms with Gasteiger partial charge < -0.3 is 10.1 Å². The highest BCUT2D eigenvalue weighted by Crippen LogP contribution is 2.26. The van der Waals surface area contributed by atoms with Crippen LogP contribution in [0.4, 0.5) is 0 Å². The van der Waals surface area contributed by atoms with Crippen LogP contribution < -0.4 is 0 Å². The van der Waals surface area contributed by atoms with Crippen LogP contribution in [0.15, 0.2) is 48.8 Å². The number of pyridine rings is 1. The molecule has 2 heterocycles. The summed E-state index contributed by atoms with van der Waals surface area (Å²) in [4.78, 5) is 19.2. The number of hydrogen-bond acceptors (Lipinski definition) is 3. The molecule has 0 atom stereocenters. The molecule has 0 radical (unpaired) electrons. The van der Waals surface area contributed by atoms with Crippen molar-refractivity contribution < 1.29 is 9.90 Å². The quantitative estimate of drug-likeness (QED) is 0.569. The lowest BCUT2D eigenvalue weighted by Gasteiger charge is -1.96. The number of carbonyl (C=O) groups is 1. The Bertz CT molecular complexity index is 833. The van der Waals surface area contributed by atoms with E-state index in [0.717, 1.165) is 22.2 Å². The van der Waals surface area contributed by atoms with Crippen molar-refractivity contribution in [3.63, 3.8) is 0 Å². The van der Waals surface area contributed by atoms with Crippen molar-refractivity contribution in [2.24, 2.45) is 0 Å². The highest BCUT2D eigenvalue weighted by atomic mass is 16.3. The van der Waals surface area contributed by atoms with Gasteiger partial charge in [0.2, 0.25) is 0 Å². The van der Waals surface area contributed by atoms with Crippen molar-refractivity contribution in [2.45, 2.75) is 6.92 Å². The van der Waals surface area contributed by atoms with Gasteiger partial charge in [0, 0.05) is 40.1 Å². The van der Waals surface area contributed by atoms with Crippen molar-refractivity contribution in [3.8, 4) is 5.75 Å². The predicted octanol–water partition coefficient (Wildman–Crippen LogP) is 3.47. The lowest BCUT2D eigenvalue weighted by Crippen LogP contribution is -1.93. The van der Waals surface area contributed by atoms with E-state index in [1.165, 1.54) is 6.08 Å². The summed E-state index contributed by atoms with van der Waals surface area (Å²) < 4.78 is 0. The molecular weight excluding hydrogens is 264 g/mol. The summed E-state index contributed by atoms with van der Waals surface area (Å²) in [5, 5.41) is 10.5. The number of phenols is 1. The van der Waals surface area contributed by atoms with Crippen LogP contribution in [0.25, 0.3) is 17.0 Å². The number of aryl methyl sites for hydroxylation is 1. The topological polar surface area (TPSA) is 66.0 Å². The predicted molar refractivity (Wildman–Crippen MR) is 82.3 cm³/mol. The van der Waals surface area contributed by atoms with Gasteiger partial charge in [-0.3, -0.25) is 9.78 Å². The molecule has 3 aromatic rings. The molecule has 3 rings (SSSR count). The first-order valence-corrected chi connectivity index (χ1v) is 6.59. The highest BCUT2D eigenvalue weighted by molar-refractivity contribution is 6.07. The molecule has 0 saturated heterocycles. The molecule has 0 amide bonds. The molecule has 2 aromatic heterocycles. The Hall–Kier alpha value is -2.88. The Balaban J connectivity index is 1.98. The van der Waals surface area contributed by atoms with E-state index in [1.807, 2.05) is 13.0 Å². The first-order valence-electron chi connectivity index (χ1n) is 6.59. The molecule has 0 fully saturated rings. The summed E-state index contributed by atoms with van der Waals surface area (Å²) in [6, 6.07) is 8.50. The van der Waals surface area contributed by atoms with Gasteiger partial charge in [-0.05, 0) is 49.4 Å². The van der Waals surface area contributed by atoms with Crippen LogP contribution in [0.2, 0.25) is 0 Å². The number of ketones is 1. The zero-order valence-corrected chi connectivity index (χ0v) is 11.5. The number of H-pyrrole nitrogens is 1.